The van der Waals surface area contributed by atoms with E-state index >= 15 is 0 Å². The van der Waals surface area contributed by atoms with Crippen LogP contribution >= 0.6 is 24.0 Å². The van der Waals surface area contributed by atoms with Gasteiger partial charge in [-0.1, -0.05) is 43.2 Å². The molecule has 2 N–H and O–H groups in total. The summed E-state index contributed by atoms with van der Waals surface area (Å²) in [4.78, 5) is 4.29. The number of hydrogen-bond acceptors (Lipinski definition) is 1. The van der Waals surface area contributed by atoms with Crippen LogP contribution in [0.15, 0.2) is 29.3 Å². The van der Waals surface area contributed by atoms with Crippen molar-refractivity contribution < 1.29 is 0 Å². The van der Waals surface area contributed by atoms with Crippen LogP contribution < -0.4 is 10.6 Å². The molecule has 0 aromatic heterocycles. The Morgan fingerprint density at radius 1 is 1.30 bits per heavy atom. The smallest absolute Gasteiger partial charge is 0.191 e. The molecule has 0 bridgehead atoms. The van der Waals surface area contributed by atoms with E-state index < -0.39 is 0 Å². The molecule has 1 saturated carbocycles. The molecule has 0 radical (unpaired) electrons. The second kappa shape index (κ2) is 8.49. The van der Waals surface area contributed by atoms with E-state index in [1.54, 1.807) is 0 Å². The highest BCUT2D eigenvalue weighted by Crippen LogP contribution is 2.34. The summed E-state index contributed by atoms with van der Waals surface area (Å²) in [6, 6.07) is 9.24. The quantitative estimate of drug-likeness (QED) is 0.461. The number of aryl methyl sites for hydroxylation is 1. The highest BCUT2D eigenvalue weighted by atomic mass is 127. The molecule has 2 rings (SSSR count). The van der Waals surface area contributed by atoms with Gasteiger partial charge in [0.25, 0.3) is 0 Å². The Labute approximate surface area is 139 Å². The summed E-state index contributed by atoms with van der Waals surface area (Å²) in [5.74, 6) is 1.77. The van der Waals surface area contributed by atoms with Gasteiger partial charge in [0.15, 0.2) is 5.96 Å². The lowest BCUT2D eigenvalue weighted by Crippen LogP contribution is -2.38. The monoisotopic (exact) mass is 387 g/mol. The zero-order valence-corrected chi connectivity index (χ0v) is 15.0. The lowest BCUT2D eigenvalue weighted by molar-refractivity contribution is 0.655. The van der Waals surface area contributed by atoms with Crippen LogP contribution in [0.3, 0.4) is 0 Å². The summed E-state index contributed by atoms with van der Waals surface area (Å²) in [6.07, 6.45) is 3.89. The van der Waals surface area contributed by atoms with Crippen LogP contribution in [-0.2, 0) is 6.54 Å². The Balaban J connectivity index is 0.00000200. The summed E-state index contributed by atoms with van der Waals surface area (Å²) in [5.41, 5.74) is 2.58. The number of aliphatic imine (C=N–C) groups is 1. The molecule has 1 fully saturated rings. The molecule has 20 heavy (non-hydrogen) atoms. The topological polar surface area (TPSA) is 36.4 Å². The van der Waals surface area contributed by atoms with Gasteiger partial charge in [-0.05, 0) is 31.2 Å². The third-order valence-corrected chi connectivity index (χ3v) is 3.71. The first-order valence-electron chi connectivity index (χ1n) is 7.25. The summed E-state index contributed by atoms with van der Waals surface area (Å²) in [6.45, 7) is 5.18. The van der Waals surface area contributed by atoms with Crippen molar-refractivity contribution in [2.75, 3.05) is 7.05 Å². The van der Waals surface area contributed by atoms with Crippen LogP contribution in [-0.4, -0.2) is 19.0 Å². The van der Waals surface area contributed by atoms with Crippen molar-refractivity contribution in [3.8, 4) is 0 Å². The van der Waals surface area contributed by atoms with E-state index in [-0.39, 0.29) is 24.0 Å². The van der Waals surface area contributed by atoms with Crippen molar-refractivity contribution >= 4 is 29.9 Å². The van der Waals surface area contributed by atoms with Crippen LogP contribution in [0, 0.1) is 12.8 Å². The second-order valence-electron chi connectivity index (χ2n) is 5.45. The number of hydrogen-bond donors (Lipinski definition) is 2. The molecular formula is C16H26IN3. The zero-order valence-electron chi connectivity index (χ0n) is 12.6. The minimum absolute atomic E-state index is 0. The van der Waals surface area contributed by atoms with E-state index in [0.29, 0.717) is 6.04 Å². The van der Waals surface area contributed by atoms with E-state index in [4.69, 9.17) is 0 Å². The first-order chi connectivity index (χ1) is 9.22. The van der Waals surface area contributed by atoms with Crippen LogP contribution in [0.5, 0.6) is 0 Å². The average Bonchev–Trinajstić information content (AvgIpc) is 3.15. The third kappa shape index (κ3) is 5.31. The molecule has 112 valence electrons. The maximum Gasteiger partial charge on any atom is 0.191 e. The predicted molar refractivity (Wildman–Crippen MR) is 96.7 cm³/mol. The number of halogens is 1. The maximum absolute atomic E-state index is 4.29. The number of guanidine groups is 1. The highest BCUT2D eigenvalue weighted by molar-refractivity contribution is 14.0. The highest BCUT2D eigenvalue weighted by Gasteiger charge is 2.36. The number of rotatable bonds is 5. The molecule has 1 aliphatic carbocycles. The fourth-order valence-electron chi connectivity index (χ4n) is 2.38. The van der Waals surface area contributed by atoms with Crippen LogP contribution in [0.25, 0.3) is 0 Å². The van der Waals surface area contributed by atoms with Gasteiger partial charge >= 0.3 is 0 Å². The fourth-order valence-corrected chi connectivity index (χ4v) is 2.38. The minimum atomic E-state index is 0. The van der Waals surface area contributed by atoms with Crippen LogP contribution in [0.2, 0.25) is 0 Å². The van der Waals surface area contributed by atoms with E-state index in [9.17, 15) is 0 Å². The summed E-state index contributed by atoms with van der Waals surface area (Å²) >= 11 is 0. The molecule has 2 unspecified atom stereocenters. The van der Waals surface area contributed by atoms with Crippen molar-refractivity contribution in [1.82, 2.24) is 10.6 Å². The Hall–Kier alpha value is -0.780. The zero-order chi connectivity index (χ0) is 13.7. The molecule has 3 nitrogen and oxygen atoms in total. The van der Waals surface area contributed by atoms with Gasteiger partial charge < -0.3 is 10.6 Å². The number of nitrogens with zero attached hydrogens (tertiary/aromatic N) is 1. The molecule has 4 heteroatoms. The van der Waals surface area contributed by atoms with Gasteiger partial charge in [0, 0.05) is 19.6 Å². The lowest BCUT2D eigenvalue weighted by atomic mass is 10.1. The number of benzene rings is 1. The lowest BCUT2D eigenvalue weighted by Gasteiger charge is -2.12. The van der Waals surface area contributed by atoms with E-state index in [1.165, 1.54) is 30.4 Å². The summed E-state index contributed by atoms with van der Waals surface area (Å²) < 4.78 is 0. The van der Waals surface area contributed by atoms with Crippen molar-refractivity contribution in [2.45, 2.75) is 45.7 Å². The predicted octanol–water partition coefficient (Wildman–Crippen LogP) is 3.47. The second-order valence-corrected chi connectivity index (χ2v) is 5.45. The molecule has 1 aromatic carbocycles. The van der Waals surface area contributed by atoms with Crippen molar-refractivity contribution in [1.29, 1.82) is 0 Å². The molecule has 0 aliphatic heterocycles. The van der Waals surface area contributed by atoms with Crippen LogP contribution in [0.1, 0.15) is 37.3 Å². The van der Waals surface area contributed by atoms with E-state index in [2.05, 4.69) is 53.7 Å². The number of nitrogens with one attached hydrogen (secondary N) is 2. The average molecular weight is 387 g/mol. The van der Waals surface area contributed by atoms with Gasteiger partial charge in [0.2, 0.25) is 0 Å². The standard InChI is InChI=1S/C16H25N3.HI/c1-4-5-14-10-15(14)19-16(17-3)18-11-13-8-6-12(2)7-9-13;/h6-9,14-15H,4-5,10-11H2,1-3H3,(H2,17,18,19);1H. The van der Waals surface area contributed by atoms with Crippen molar-refractivity contribution in [3.63, 3.8) is 0 Å². The normalized spacial score (nSPS) is 21.1. The Morgan fingerprint density at radius 3 is 2.60 bits per heavy atom. The van der Waals surface area contributed by atoms with Crippen molar-refractivity contribution in [3.05, 3.63) is 35.4 Å². The largest absolute Gasteiger partial charge is 0.353 e. The van der Waals surface area contributed by atoms with Crippen molar-refractivity contribution in [2.24, 2.45) is 10.9 Å². The van der Waals surface area contributed by atoms with Gasteiger partial charge in [-0.2, -0.15) is 0 Å². The SMILES string of the molecule is CCCC1CC1NC(=NC)NCc1ccc(C)cc1.I. The molecule has 0 heterocycles. The molecule has 1 aliphatic rings. The molecule has 2 atom stereocenters. The fraction of sp³-hybridized carbons (Fsp3) is 0.562. The first kappa shape index (κ1) is 17.3. The first-order valence-corrected chi connectivity index (χ1v) is 7.25. The van der Waals surface area contributed by atoms with Gasteiger partial charge in [0.1, 0.15) is 0 Å². The summed E-state index contributed by atoms with van der Waals surface area (Å²) in [5, 5.41) is 6.87. The maximum atomic E-state index is 4.29. The van der Waals surface area contributed by atoms with Gasteiger partial charge in [0.05, 0.1) is 0 Å². The van der Waals surface area contributed by atoms with Crippen LogP contribution in [0.4, 0.5) is 0 Å². The van der Waals surface area contributed by atoms with Gasteiger partial charge in [-0.25, -0.2) is 0 Å². The molecule has 0 amide bonds. The minimum Gasteiger partial charge on any atom is -0.353 e. The molecule has 1 aromatic rings. The van der Waals surface area contributed by atoms with E-state index in [0.717, 1.165) is 18.4 Å². The Kier molecular flexibility index (Phi) is 7.34. The van der Waals surface area contributed by atoms with Gasteiger partial charge in [-0.3, -0.25) is 4.99 Å². The molecule has 0 spiro atoms. The molecular weight excluding hydrogens is 361 g/mol. The van der Waals surface area contributed by atoms with E-state index in [1.807, 2.05) is 7.05 Å². The van der Waals surface area contributed by atoms with Gasteiger partial charge in [-0.15, -0.1) is 24.0 Å². The summed E-state index contributed by atoms with van der Waals surface area (Å²) in [7, 11) is 1.84. The molecule has 0 saturated heterocycles. The third-order valence-electron chi connectivity index (χ3n) is 3.71. The Bertz CT molecular complexity index is 428. The Morgan fingerprint density at radius 2 is 2.00 bits per heavy atom.